The average Bonchev–Trinajstić information content (AvgIpc) is 3.28. The van der Waals surface area contributed by atoms with Crippen LogP contribution in [0.5, 0.6) is 11.5 Å². The van der Waals surface area contributed by atoms with Gasteiger partial charge in [-0.3, -0.25) is 4.79 Å². The molecule has 0 radical (unpaired) electrons. The fourth-order valence-electron chi connectivity index (χ4n) is 3.53. The van der Waals surface area contributed by atoms with Crippen LogP contribution in [0.15, 0.2) is 89.3 Å². The monoisotopic (exact) mass is 424 g/mol. The van der Waals surface area contributed by atoms with Crippen LogP contribution in [0.4, 0.5) is 5.69 Å². The van der Waals surface area contributed by atoms with Crippen molar-refractivity contribution in [2.24, 2.45) is 0 Å². The van der Waals surface area contributed by atoms with Gasteiger partial charge in [0.15, 0.2) is 12.2 Å². The van der Waals surface area contributed by atoms with E-state index in [1.807, 2.05) is 60.7 Å². The van der Waals surface area contributed by atoms with E-state index in [9.17, 15) is 4.79 Å². The zero-order valence-electron chi connectivity index (χ0n) is 17.4. The van der Waals surface area contributed by atoms with Gasteiger partial charge in [0.05, 0.1) is 7.11 Å². The molecular formula is C26H20N2O4. The van der Waals surface area contributed by atoms with Crippen molar-refractivity contribution in [2.75, 3.05) is 19.0 Å². The van der Waals surface area contributed by atoms with Crippen molar-refractivity contribution in [3.05, 3.63) is 84.9 Å². The van der Waals surface area contributed by atoms with Crippen LogP contribution in [0.1, 0.15) is 0 Å². The summed E-state index contributed by atoms with van der Waals surface area (Å²) in [6.07, 6.45) is 0. The minimum atomic E-state index is -0.262. The Balaban J connectivity index is 1.32. The number of fused-ring (bicyclic) bond motifs is 3. The van der Waals surface area contributed by atoms with Gasteiger partial charge in [-0.2, -0.15) is 0 Å². The maximum atomic E-state index is 12.3. The Morgan fingerprint density at radius 1 is 0.938 bits per heavy atom. The lowest BCUT2D eigenvalue weighted by Gasteiger charge is -2.08. The number of hydrogen-bond acceptors (Lipinski definition) is 5. The molecule has 5 aromatic rings. The summed E-state index contributed by atoms with van der Waals surface area (Å²) < 4.78 is 16.6. The van der Waals surface area contributed by atoms with E-state index < -0.39 is 0 Å². The van der Waals surface area contributed by atoms with Crippen LogP contribution in [0.2, 0.25) is 0 Å². The molecule has 0 aliphatic rings. The third-order valence-electron chi connectivity index (χ3n) is 5.11. The molecule has 1 aromatic heterocycles. The number of nitrogens with one attached hydrogen (secondary N) is 1. The van der Waals surface area contributed by atoms with Gasteiger partial charge in [-0.25, -0.2) is 4.98 Å². The molecule has 4 aromatic carbocycles. The predicted octanol–water partition coefficient (Wildman–Crippen LogP) is 5.67. The second-order valence-electron chi connectivity index (χ2n) is 7.25. The Labute approximate surface area is 184 Å². The number of ether oxygens (including phenoxy) is 2. The molecule has 0 aliphatic heterocycles. The Morgan fingerprint density at radius 3 is 2.59 bits per heavy atom. The van der Waals surface area contributed by atoms with Crippen LogP contribution in [-0.4, -0.2) is 24.6 Å². The van der Waals surface area contributed by atoms with Crippen molar-refractivity contribution in [2.45, 2.75) is 0 Å². The fourth-order valence-corrected chi connectivity index (χ4v) is 3.53. The lowest BCUT2D eigenvalue weighted by atomic mass is 10.1. The summed E-state index contributed by atoms with van der Waals surface area (Å²) in [5.74, 6) is 1.56. The molecule has 1 amide bonds. The minimum absolute atomic E-state index is 0.106. The van der Waals surface area contributed by atoms with Gasteiger partial charge in [-0.1, -0.05) is 36.4 Å². The van der Waals surface area contributed by atoms with E-state index in [2.05, 4.69) is 5.32 Å². The molecular weight excluding hydrogens is 404 g/mol. The number of aromatic nitrogens is 1. The third-order valence-corrected chi connectivity index (χ3v) is 5.11. The van der Waals surface area contributed by atoms with Crippen LogP contribution < -0.4 is 14.8 Å². The Kier molecular flexibility index (Phi) is 5.17. The molecule has 0 bridgehead atoms. The molecule has 0 atom stereocenters. The number of oxazole rings is 1. The maximum absolute atomic E-state index is 12.3. The van der Waals surface area contributed by atoms with Crippen LogP contribution >= 0.6 is 0 Å². The normalized spacial score (nSPS) is 10.9. The highest BCUT2D eigenvalue weighted by atomic mass is 16.5. The average molecular weight is 424 g/mol. The van der Waals surface area contributed by atoms with Gasteiger partial charge in [-0.15, -0.1) is 0 Å². The number of methoxy groups -OCH3 is 1. The van der Waals surface area contributed by atoms with E-state index in [0.717, 1.165) is 33.2 Å². The first-order chi connectivity index (χ1) is 15.7. The summed E-state index contributed by atoms with van der Waals surface area (Å²) in [7, 11) is 1.60. The number of nitrogens with zero attached hydrogens (tertiary/aromatic N) is 1. The Bertz CT molecular complexity index is 1410. The first-order valence-electron chi connectivity index (χ1n) is 10.1. The smallest absolute Gasteiger partial charge is 0.262 e. The summed E-state index contributed by atoms with van der Waals surface area (Å²) in [6.45, 7) is -0.106. The number of amides is 1. The van der Waals surface area contributed by atoms with E-state index >= 15 is 0 Å². The molecule has 0 aliphatic carbocycles. The topological polar surface area (TPSA) is 73.6 Å². The van der Waals surface area contributed by atoms with Crippen molar-refractivity contribution in [1.82, 2.24) is 4.98 Å². The van der Waals surface area contributed by atoms with Gasteiger partial charge in [-0.05, 0) is 53.9 Å². The van der Waals surface area contributed by atoms with Gasteiger partial charge in [0.1, 0.15) is 17.0 Å². The molecule has 158 valence electrons. The Hall–Kier alpha value is -4.32. The predicted molar refractivity (Wildman–Crippen MR) is 124 cm³/mol. The molecule has 6 nitrogen and oxygen atoms in total. The van der Waals surface area contributed by atoms with Crippen LogP contribution in [0.3, 0.4) is 0 Å². The van der Waals surface area contributed by atoms with Crippen molar-refractivity contribution in [3.8, 4) is 23.0 Å². The molecule has 0 spiro atoms. The zero-order valence-corrected chi connectivity index (χ0v) is 17.4. The second-order valence-corrected chi connectivity index (χ2v) is 7.25. The first-order valence-corrected chi connectivity index (χ1v) is 10.1. The zero-order chi connectivity index (χ0) is 21.9. The van der Waals surface area contributed by atoms with Gasteiger partial charge < -0.3 is 19.2 Å². The van der Waals surface area contributed by atoms with Gasteiger partial charge in [0, 0.05) is 16.6 Å². The highest BCUT2D eigenvalue weighted by Gasteiger charge is 2.12. The largest absolute Gasteiger partial charge is 0.497 e. The quantitative estimate of drug-likeness (QED) is 0.380. The van der Waals surface area contributed by atoms with Gasteiger partial charge >= 0.3 is 0 Å². The standard InChI is InChI=1S/C26H20N2O4/c1-30-20-10-12-21(13-11-20)31-16-24(29)27-19-7-4-6-18(15-19)26-28-25-22-8-3-2-5-17(22)9-14-23(25)32-26/h2-15H,16H2,1H3,(H,27,29). The summed E-state index contributed by atoms with van der Waals surface area (Å²) >= 11 is 0. The number of carbonyl (C=O) groups is 1. The molecule has 1 N–H and O–H groups in total. The molecule has 0 fully saturated rings. The van der Waals surface area contributed by atoms with E-state index in [0.29, 0.717) is 17.3 Å². The van der Waals surface area contributed by atoms with E-state index in [-0.39, 0.29) is 12.5 Å². The fraction of sp³-hybridized carbons (Fsp3) is 0.0769. The van der Waals surface area contributed by atoms with Crippen molar-refractivity contribution in [3.63, 3.8) is 0 Å². The lowest BCUT2D eigenvalue weighted by Crippen LogP contribution is -2.20. The number of rotatable bonds is 6. The first kappa shape index (κ1) is 19.6. The molecule has 32 heavy (non-hydrogen) atoms. The Morgan fingerprint density at radius 2 is 1.75 bits per heavy atom. The SMILES string of the molecule is COc1ccc(OCC(=O)Nc2cccc(-c3nc4c(ccc5ccccc54)o3)c2)cc1. The molecule has 0 saturated carbocycles. The van der Waals surface area contributed by atoms with Crippen LogP contribution in [0, 0.1) is 0 Å². The van der Waals surface area contributed by atoms with Crippen LogP contribution in [0.25, 0.3) is 33.3 Å². The van der Waals surface area contributed by atoms with Crippen molar-refractivity contribution >= 4 is 33.5 Å². The second kappa shape index (κ2) is 8.43. The number of carbonyl (C=O) groups excluding carboxylic acids is 1. The molecule has 0 unspecified atom stereocenters. The summed E-state index contributed by atoms with van der Waals surface area (Å²) in [6, 6.07) is 26.5. The lowest BCUT2D eigenvalue weighted by molar-refractivity contribution is -0.118. The van der Waals surface area contributed by atoms with E-state index in [1.165, 1.54) is 0 Å². The highest BCUT2D eigenvalue weighted by molar-refractivity contribution is 6.04. The van der Waals surface area contributed by atoms with E-state index in [4.69, 9.17) is 18.9 Å². The van der Waals surface area contributed by atoms with E-state index in [1.54, 1.807) is 31.4 Å². The third kappa shape index (κ3) is 3.98. The maximum Gasteiger partial charge on any atom is 0.262 e. The molecule has 1 heterocycles. The molecule has 0 saturated heterocycles. The highest BCUT2D eigenvalue weighted by Crippen LogP contribution is 2.30. The number of benzene rings is 4. The summed E-state index contributed by atoms with van der Waals surface area (Å²) in [5.41, 5.74) is 2.96. The summed E-state index contributed by atoms with van der Waals surface area (Å²) in [5, 5.41) is 5.00. The van der Waals surface area contributed by atoms with Crippen molar-refractivity contribution in [1.29, 1.82) is 0 Å². The number of anilines is 1. The van der Waals surface area contributed by atoms with Crippen LogP contribution in [-0.2, 0) is 4.79 Å². The molecule has 6 heteroatoms. The number of hydrogen-bond donors (Lipinski definition) is 1. The van der Waals surface area contributed by atoms with Crippen molar-refractivity contribution < 1.29 is 18.7 Å². The minimum Gasteiger partial charge on any atom is -0.497 e. The van der Waals surface area contributed by atoms with Gasteiger partial charge in [0.2, 0.25) is 5.89 Å². The molecule has 5 rings (SSSR count). The summed E-state index contributed by atoms with van der Waals surface area (Å²) in [4.78, 5) is 17.1. The van der Waals surface area contributed by atoms with Gasteiger partial charge in [0.25, 0.3) is 5.91 Å².